The predicted octanol–water partition coefficient (Wildman–Crippen LogP) is 2.07. The molecule has 2 radical (unpaired) electrons. The topological polar surface area (TPSA) is 64.3 Å². The maximum atomic E-state index is 6.00. The van der Waals surface area contributed by atoms with Crippen molar-refractivity contribution in [3.63, 3.8) is 0 Å². The Hall–Kier alpha value is -2.05. The number of anilines is 1. The molecule has 2 aromatic rings. The highest BCUT2D eigenvalue weighted by molar-refractivity contribution is 6.30. The molecular formula is C17H23BN4O2. The van der Waals surface area contributed by atoms with Gasteiger partial charge in [0.05, 0.1) is 12.3 Å². The number of nitrogens with zero attached hydrogens (tertiary/aromatic N) is 4. The quantitative estimate of drug-likeness (QED) is 0.784. The van der Waals surface area contributed by atoms with Crippen molar-refractivity contribution in [1.29, 1.82) is 0 Å². The van der Waals surface area contributed by atoms with Crippen molar-refractivity contribution in [2.75, 3.05) is 18.0 Å². The number of hydrogen-bond acceptors (Lipinski definition) is 6. The van der Waals surface area contributed by atoms with E-state index in [1.54, 1.807) is 12.3 Å². The van der Waals surface area contributed by atoms with Gasteiger partial charge in [-0.3, -0.25) is 4.98 Å². The molecule has 0 unspecified atom stereocenters. The number of ether oxygens (including phenoxy) is 1. The lowest BCUT2D eigenvalue weighted by molar-refractivity contribution is 0.131. The lowest BCUT2D eigenvalue weighted by Crippen LogP contribution is -2.38. The summed E-state index contributed by atoms with van der Waals surface area (Å²) < 4.78 is 11.4. The Morgan fingerprint density at radius 1 is 1.25 bits per heavy atom. The maximum absolute atomic E-state index is 6.00. The number of rotatable bonds is 5. The molecule has 24 heavy (non-hydrogen) atoms. The van der Waals surface area contributed by atoms with E-state index in [0.717, 1.165) is 37.5 Å². The van der Waals surface area contributed by atoms with E-state index in [-0.39, 0.29) is 12.0 Å². The molecule has 0 amide bonds. The predicted molar refractivity (Wildman–Crippen MR) is 93.0 cm³/mol. The van der Waals surface area contributed by atoms with E-state index in [1.165, 1.54) is 0 Å². The molecule has 1 saturated heterocycles. The minimum atomic E-state index is 0.131. The van der Waals surface area contributed by atoms with E-state index in [2.05, 4.69) is 40.8 Å². The highest BCUT2D eigenvalue weighted by Gasteiger charge is 2.27. The van der Waals surface area contributed by atoms with E-state index < -0.39 is 0 Å². The smallest absolute Gasteiger partial charge is 0.324 e. The van der Waals surface area contributed by atoms with Crippen LogP contribution in [0.3, 0.4) is 0 Å². The van der Waals surface area contributed by atoms with Gasteiger partial charge in [0.25, 0.3) is 0 Å². The third-order valence-corrected chi connectivity index (χ3v) is 4.50. The molecule has 1 atom stereocenters. The fourth-order valence-corrected chi connectivity index (χ4v) is 2.92. The normalized spacial score (nSPS) is 17.2. The standard InChI is InChI=1S/C17H23BN4O2/c1-11(2)16-20-17(24-21-16)22-8-6-13(7-9-22)12(3)23-14-4-5-15(18)19-10-14/h4-5,10-13H,6-9H2,1-3H3/t12-/m0/s1. The van der Waals surface area contributed by atoms with Crippen LogP contribution in [0.25, 0.3) is 0 Å². The Labute approximate surface area is 144 Å². The molecule has 0 bridgehead atoms. The van der Waals surface area contributed by atoms with Gasteiger partial charge in [-0.15, -0.1) is 0 Å². The fourth-order valence-electron chi connectivity index (χ4n) is 2.92. The first-order valence-electron chi connectivity index (χ1n) is 8.49. The van der Waals surface area contributed by atoms with Crippen LogP contribution in [0, 0.1) is 5.92 Å². The molecule has 0 saturated carbocycles. The summed E-state index contributed by atoms with van der Waals surface area (Å²) in [5.74, 6) is 2.30. The minimum absolute atomic E-state index is 0.131. The number of hydrogen-bond donors (Lipinski definition) is 0. The van der Waals surface area contributed by atoms with Crippen molar-refractivity contribution in [3.05, 3.63) is 24.2 Å². The number of aromatic nitrogens is 3. The summed E-state index contributed by atoms with van der Waals surface area (Å²) in [4.78, 5) is 10.7. The van der Waals surface area contributed by atoms with Gasteiger partial charge in [0.1, 0.15) is 13.6 Å². The third-order valence-electron chi connectivity index (χ3n) is 4.50. The van der Waals surface area contributed by atoms with Crippen LogP contribution in [-0.4, -0.2) is 42.2 Å². The van der Waals surface area contributed by atoms with Crippen LogP contribution in [0.4, 0.5) is 6.01 Å². The van der Waals surface area contributed by atoms with E-state index in [1.807, 2.05) is 6.07 Å². The van der Waals surface area contributed by atoms with Gasteiger partial charge >= 0.3 is 6.01 Å². The molecule has 0 spiro atoms. The second-order valence-corrected chi connectivity index (χ2v) is 6.66. The van der Waals surface area contributed by atoms with E-state index >= 15 is 0 Å². The van der Waals surface area contributed by atoms with Crippen LogP contribution in [0.1, 0.15) is 45.4 Å². The van der Waals surface area contributed by atoms with Gasteiger partial charge in [-0.25, -0.2) is 0 Å². The molecule has 0 aromatic carbocycles. The SMILES string of the molecule is [B]c1ccc(O[C@@H](C)C2CCN(c3nc(C(C)C)no3)CC2)cn1. The zero-order chi connectivity index (χ0) is 17.1. The summed E-state index contributed by atoms with van der Waals surface area (Å²) in [5, 5.41) is 4.04. The van der Waals surface area contributed by atoms with Crippen molar-refractivity contribution in [2.24, 2.45) is 5.92 Å². The lowest BCUT2D eigenvalue weighted by Gasteiger charge is -2.33. The minimum Gasteiger partial charge on any atom is -0.489 e. The van der Waals surface area contributed by atoms with Crippen molar-refractivity contribution in [1.82, 2.24) is 15.1 Å². The van der Waals surface area contributed by atoms with Crippen LogP contribution in [0.2, 0.25) is 0 Å². The fraction of sp³-hybridized carbons (Fsp3) is 0.588. The van der Waals surface area contributed by atoms with Crippen molar-refractivity contribution in [2.45, 2.75) is 45.6 Å². The molecule has 0 aliphatic carbocycles. The molecule has 2 aromatic heterocycles. The Morgan fingerprint density at radius 3 is 2.58 bits per heavy atom. The summed E-state index contributed by atoms with van der Waals surface area (Å²) >= 11 is 0. The molecular weight excluding hydrogens is 303 g/mol. The van der Waals surface area contributed by atoms with Gasteiger partial charge in [0.2, 0.25) is 0 Å². The molecule has 7 heteroatoms. The molecule has 6 nitrogen and oxygen atoms in total. The van der Waals surface area contributed by atoms with Crippen molar-refractivity contribution < 1.29 is 9.26 Å². The highest BCUT2D eigenvalue weighted by Crippen LogP contribution is 2.27. The van der Waals surface area contributed by atoms with Crippen LogP contribution < -0.4 is 15.2 Å². The molecule has 0 N–H and O–H groups in total. The Balaban J connectivity index is 1.53. The highest BCUT2D eigenvalue weighted by atomic mass is 16.5. The van der Waals surface area contributed by atoms with Gasteiger partial charge in [-0.05, 0) is 43.4 Å². The zero-order valence-electron chi connectivity index (χ0n) is 14.5. The van der Waals surface area contributed by atoms with Gasteiger partial charge in [-0.1, -0.05) is 19.0 Å². The monoisotopic (exact) mass is 326 g/mol. The summed E-state index contributed by atoms with van der Waals surface area (Å²) in [6, 6.07) is 4.25. The number of piperidine rings is 1. The first-order valence-corrected chi connectivity index (χ1v) is 8.49. The molecule has 3 heterocycles. The number of pyridine rings is 1. The molecule has 1 fully saturated rings. The van der Waals surface area contributed by atoms with Crippen LogP contribution in [-0.2, 0) is 0 Å². The lowest BCUT2D eigenvalue weighted by atomic mass is 9.92. The summed E-state index contributed by atoms with van der Waals surface area (Å²) in [5.41, 5.74) is 0.503. The van der Waals surface area contributed by atoms with Crippen LogP contribution >= 0.6 is 0 Å². The molecule has 1 aliphatic rings. The Bertz CT molecular complexity index is 651. The van der Waals surface area contributed by atoms with Crippen molar-refractivity contribution in [3.8, 4) is 5.75 Å². The average Bonchev–Trinajstić information content (AvgIpc) is 3.07. The van der Waals surface area contributed by atoms with Gasteiger partial charge in [0.15, 0.2) is 5.82 Å². The third kappa shape index (κ3) is 3.89. The first kappa shape index (κ1) is 16.8. The Morgan fingerprint density at radius 2 is 2.00 bits per heavy atom. The summed E-state index contributed by atoms with van der Waals surface area (Å²) in [6.07, 6.45) is 3.87. The van der Waals surface area contributed by atoms with E-state index in [4.69, 9.17) is 17.1 Å². The van der Waals surface area contributed by atoms with Crippen molar-refractivity contribution >= 4 is 19.5 Å². The zero-order valence-corrected chi connectivity index (χ0v) is 14.5. The van der Waals surface area contributed by atoms with Gasteiger partial charge in [-0.2, -0.15) is 4.98 Å². The molecule has 3 rings (SSSR count). The van der Waals surface area contributed by atoms with Gasteiger partial charge < -0.3 is 14.2 Å². The van der Waals surface area contributed by atoms with Crippen LogP contribution in [0.15, 0.2) is 22.9 Å². The van der Waals surface area contributed by atoms with Crippen LogP contribution in [0.5, 0.6) is 5.75 Å². The summed E-state index contributed by atoms with van der Waals surface area (Å²) in [6.45, 7) is 8.04. The molecule has 1 aliphatic heterocycles. The molecule has 126 valence electrons. The second-order valence-electron chi connectivity index (χ2n) is 6.66. The summed E-state index contributed by atoms with van der Waals surface area (Å²) in [7, 11) is 5.60. The van der Waals surface area contributed by atoms with E-state index in [9.17, 15) is 0 Å². The average molecular weight is 326 g/mol. The van der Waals surface area contributed by atoms with Gasteiger partial charge in [0, 0.05) is 19.0 Å². The second kappa shape index (κ2) is 7.24. The maximum Gasteiger partial charge on any atom is 0.324 e. The Kier molecular flexibility index (Phi) is 5.07. The van der Waals surface area contributed by atoms with E-state index in [0.29, 0.717) is 17.5 Å². The first-order chi connectivity index (χ1) is 11.5. The largest absolute Gasteiger partial charge is 0.489 e.